The zero-order chi connectivity index (χ0) is 46.3. The van der Waals surface area contributed by atoms with E-state index in [1.165, 1.54) is 24.3 Å². The molecule has 334 valence electrons. The molecule has 17 heteroatoms. The van der Waals surface area contributed by atoms with Gasteiger partial charge in [0.05, 0.1) is 43.2 Å². The fraction of sp³-hybridized carbons (Fsp3) is 0.250. The summed E-state index contributed by atoms with van der Waals surface area (Å²) in [5.74, 6) is -0.242. The molecule has 4 N–H and O–H groups in total. The van der Waals surface area contributed by atoms with Crippen LogP contribution >= 0.6 is 0 Å². The van der Waals surface area contributed by atoms with E-state index in [1.54, 1.807) is 36.4 Å². The molecule has 0 unspecified atom stereocenters. The lowest BCUT2D eigenvalue weighted by Crippen LogP contribution is -2.30. The van der Waals surface area contributed by atoms with Gasteiger partial charge in [-0.3, -0.25) is 13.7 Å². The number of anilines is 1. The Morgan fingerprint density at radius 1 is 0.692 bits per heavy atom. The molecule has 10 rings (SSSR count). The number of carbonyl (C=O) groups is 1. The van der Waals surface area contributed by atoms with Crippen LogP contribution < -0.4 is 24.8 Å². The first-order valence-electron chi connectivity index (χ1n) is 20.8. The molecule has 7 aromatic rings. The fourth-order valence-corrected chi connectivity index (χ4v) is 11.9. The van der Waals surface area contributed by atoms with Gasteiger partial charge in [-0.05, 0) is 119 Å². The zero-order valence-corrected chi connectivity index (χ0v) is 38.0. The molecule has 0 aromatic heterocycles. The first-order chi connectivity index (χ1) is 30.4. The van der Waals surface area contributed by atoms with E-state index >= 15 is 0 Å². The molecule has 0 spiro atoms. The predicted molar refractivity (Wildman–Crippen MR) is 248 cm³/mol. The van der Waals surface area contributed by atoms with E-state index in [0.29, 0.717) is 52.7 Å². The minimum atomic E-state index is -4.53. The molecule has 7 aromatic carbocycles. The second-order valence-corrected chi connectivity index (χ2v) is 23.0. The number of benzene rings is 7. The summed E-state index contributed by atoms with van der Waals surface area (Å²) in [5.41, 5.74) is 3.21. The average Bonchev–Trinajstić information content (AvgIpc) is 3.65. The zero-order valence-electron chi connectivity index (χ0n) is 35.6. The molecule has 3 heterocycles. The van der Waals surface area contributed by atoms with Gasteiger partial charge in [0, 0.05) is 45.8 Å². The first kappa shape index (κ1) is 43.0. The highest BCUT2D eigenvalue weighted by Gasteiger charge is 2.46. The van der Waals surface area contributed by atoms with Gasteiger partial charge in [-0.25, -0.2) is 9.37 Å². The Labute approximate surface area is 373 Å². The molecular weight excluding hydrogens is 893 g/mol. The molecule has 0 radical (unpaired) electrons. The molecule has 0 saturated heterocycles. The van der Waals surface area contributed by atoms with Crippen molar-refractivity contribution in [2.75, 3.05) is 30.3 Å². The number of hydrogen-bond acceptors (Lipinski definition) is 9. The largest absolute Gasteiger partial charge is 0.478 e. The van der Waals surface area contributed by atoms with Crippen LogP contribution in [0.25, 0.3) is 49.2 Å². The summed E-state index contributed by atoms with van der Waals surface area (Å²) < 4.78 is 112. The Hall–Kier alpha value is -5.95. The molecule has 0 aliphatic carbocycles. The third-order valence-corrected chi connectivity index (χ3v) is 15.6. The number of hydrogen-bond donors (Lipinski definition) is 4. The average molecular weight is 936 g/mol. The van der Waals surface area contributed by atoms with Crippen LogP contribution in [0.15, 0.2) is 94.7 Å². The van der Waals surface area contributed by atoms with Crippen LogP contribution in [0.4, 0.5) is 5.69 Å². The second-order valence-electron chi connectivity index (χ2n) is 18.6. The predicted octanol–water partition coefficient (Wildman–Crippen LogP) is 6.78. The van der Waals surface area contributed by atoms with Crippen LogP contribution in [0.5, 0.6) is 11.5 Å². The van der Waals surface area contributed by atoms with Gasteiger partial charge in [-0.15, -0.1) is 0 Å². The van der Waals surface area contributed by atoms with E-state index < -0.39 is 52.9 Å². The van der Waals surface area contributed by atoms with Crippen molar-refractivity contribution in [2.24, 2.45) is 0 Å². The van der Waals surface area contributed by atoms with Crippen molar-refractivity contribution in [3.8, 4) is 11.5 Å². The van der Waals surface area contributed by atoms with Crippen molar-refractivity contribution >= 4 is 91.2 Å². The van der Waals surface area contributed by atoms with Gasteiger partial charge >= 0.3 is 5.97 Å². The van der Waals surface area contributed by atoms with E-state index in [0.717, 1.165) is 60.1 Å². The minimum Gasteiger partial charge on any atom is -0.478 e. The first-order valence-corrected chi connectivity index (χ1v) is 25.3. The van der Waals surface area contributed by atoms with E-state index in [2.05, 4.69) is 43.2 Å². The normalized spacial score (nSPS) is 16.4. The molecule has 0 saturated carbocycles. The Balaban J connectivity index is 1.32. The third-order valence-electron chi connectivity index (χ3n) is 13.1. The smallest absolute Gasteiger partial charge is 0.335 e. The maximum Gasteiger partial charge on any atom is 0.335 e. The van der Waals surface area contributed by atoms with Crippen molar-refractivity contribution in [1.82, 2.24) is 4.58 Å². The third kappa shape index (κ3) is 7.21. The summed E-state index contributed by atoms with van der Waals surface area (Å²) in [6.07, 6.45) is 2.24. The van der Waals surface area contributed by atoms with Crippen molar-refractivity contribution in [3.63, 3.8) is 0 Å². The van der Waals surface area contributed by atoms with Gasteiger partial charge in [-0.2, -0.15) is 25.3 Å². The minimum absolute atomic E-state index is 0.130. The Kier molecular flexibility index (Phi) is 9.44. The van der Waals surface area contributed by atoms with Crippen LogP contribution in [-0.2, 0) is 47.7 Å². The second kappa shape index (κ2) is 14.3. The van der Waals surface area contributed by atoms with Crippen LogP contribution in [-0.4, -0.2) is 75.4 Å². The summed E-state index contributed by atoms with van der Waals surface area (Å²) in [7, 11) is -13.3. The van der Waals surface area contributed by atoms with Crippen LogP contribution in [0.2, 0.25) is 0 Å². The summed E-state index contributed by atoms with van der Waals surface area (Å²) in [5, 5.41) is 16.9. The molecule has 14 nitrogen and oxygen atoms in total. The Bertz CT molecular complexity index is 3810. The molecule has 3 aliphatic heterocycles. The molecule has 0 fully saturated rings. The lowest BCUT2D eigenvalue weighted by molar-refractivity contribution is 0.0696. The van der Waals surface area contributed by atoms with Gasteiger partial charge in [0.25, 0.3) is 30.4 Å². The summed E-state index contributed by atoms with van der Waals surface area (Å²) >= 11 is 0. The van der Waals surface area contributed by atoms with Gasteiger partial charge in [-0.1, -0.05) is 38.1 Å². The van der Waals surface area contributed by atoms with Crippen molar-refractivity contribution in [1.29, 1.82) is 0 Å². The SMILES string of the molecule is CC1(C)CN(CCCS(=O)(=O)O)c2c1c1c(c3cc4ccc(S(=O)(=O)O)cc4cc23)C=c2c(c3c(c4cc5cc(S(=O)(=O)O)ccc5cc24)=[N+](Cc2ccc(C(=O)O)cc2)CC3(C)C)O1. The molecule has 0 amide bonds. The topological polar surface area (TPSA) is 216 Å². The summed E-state index contributed by atoms with van der Waals surface area (Å²) in [6, 6.07) is 23.3. The van der Waals surface area contributed by atoms with E-state index in [4.69, 9.17) is 4.74 Å². The van der Waals surface area contributed by atoms with Crippen molar-refractivity contribution < 1.29 is 53.5 Å². The number of carboxylic acid groups (broad SMARTS) is 1. The number of rotatable bonds is 9. The number of carboxylic acids is 1. The van der Waals surface area contributed by atoms with Gasteiger partial charge in [0.1, 0.15) is 11.5 Å². The molecule has 0 atom stereocenters. The number of fused-ring (bicyclic) bond motifs is 14. The fourth-order valence-electron chi connectivity index (χ4n) is 10.4. The highest BCUT2D eigenvalue weighted by molar-refractivity contribution is 7.86. The molecule has 0 bridgehead atoms. The van der Waals surface area contributed by atoms with E-state index in [9.17, 15) is 48.8 Å². The standard InChI is InChI=1S/C48H42N2O12S3/c1-47(2)24-49(14-5-15-63(53,54)55)42-36-20-30-16-32(64(56,57)58)12-10-28(30)18-34(36)38-22-39-35-19-29-11-13-33(65(59,60)61)17-31(29)21-37(35)43-41(45(39)62-44(38)40(42)47)48(3,4)25-50(43)23-26-6-8-27(9-7-26)46(51)52/h6-13,16-22H,5,14-15,23-25H2,1-4H3,(H3-,51,52,53,54,55,56,57,58,59,60,61)/p+1. The Morgan fingerprint density at radius 3 is 1.86 bits per heavy atom. The highest BCUT2D eigenvalue weighted by atomic mass is 32.2. The van der Waals surface area contributed by atoms with Gasteiger partial charge in [0.2, 0.25) is 5.36 Å². The number of nitrogens with zero attached hydrogens (tertiary/aromatic N) is 2. The lowest BCUT2D eigenvalue weighted by Gasteiger charge is -2.28. The summed E-state index contributed by atoms with van der Waals surface area (Å²) in [4.78, 5) is 13.3. The summed E-state index contributed by atoms with van der Waals surface area (Å²) in [6.45, 7) is 10.1. The van der Waals surface area contributed by atoms with Crippen molar-refractivity contribution in [3.05, 3.63) is 123 Å². The monoisotopic (exact) mass is 935 g/mol. The van der Waals surface area contributed by atoms with E-state index in [1.807, 2.05) is 24.3 Å². The molecule has 65 heavy (non-hydrogen) atoms. The maximum atomic E-state index is 12.3. The maximum absolute atomic E-state index is 12.3. The van der Waals surface area contributed by atoms with Crippen LogP contribution in [0.1, 0.15) is 66.7 Å². The highest BCUT2D eigenvalue weighted by Crippen LogP contribution is 2.55. The van der Waals surface area contributed by atoms with Crippen molar-refractivity contribution in [2.45, 2.75) is 61.3 Å². The molecule has 3 aliphatic rings. The van der Waals surface area contributed by atoms with Crippen LogP contribution in [0.3, 0.4) is 0 Å². The number of aromatic carboxylic acids is 1. The number of ether oxygens (including phenoxy) is 1. The van der Waals surface area contributed by atoms with Crippen LogP contribution in [0, 0.1) is 0 Å². The Morgan fingerprint density at radius 2 is 1.28 bits per heavy atom. The van der Waals surface area contributed by atoms with Gasteiger partial charge < -0.3 is 14.7 Å². The lowest BCUT2D eigenvalue weighted by atomic mass is 9.80. The van der Waals surface area contributed by atoms with E-state index in [-0.39, 0.29) is 28.3 Å². The quantitative estimate of drug-likeness (QED) is 0.0668. The molecular formula is C48H43N2O12S3+. The van der Waals surface area contributed by atoms with Gasteiger partial charge in [0.15, 0.2) is 13.1 Å².